The molecule has 1 saturated carbocycles. The van der Waals surface area contributed by atoms with E-state index in [0.29, 0.717) is 11.5 Å². The fourth-order valence-electron chi connectivity index (χ4n) is 3.10. The van der Waals surface area contributed by atoms with E-state index in [1.807, 2.05) is 19.1 Å². The summed E-state index contributed by atoms with van der Waals surface area (Å²) in [5.41, 5.74) is 13.9. The lowest BCUT2D eigenvalue weighted by Gasteiger charge is -2.46. The van der Waals surface area contributed by atoms with Crippen molar-refractivity contribution in [3.8, 4) is 0 Å². The molecule has 0 bridgehead atoms. The molecule has 19 heavy (non-hydrogen) atoms. The van der Waals surface area contributed by atoms with Gasteiger partial charge in [-0.3, -0.25) is 4.79 Å². The number of carbonyl (C=O) groups excluding carboxylic acids is 1. The standard InChI is InChI=1S/C14H19N3O2/c1-7-2-3-8(14(16)18)10(6-7)17-12-11(15)9-4-5-19-13(9)12/h2-3,6,9,11-13,17H,4-5,15H2,1H3,(H2,16,18). The number of hydrogen-bond acceptors (Lipinski definition) is 4. The molecule has 0 aromatic heterocycles. The molecular weight excluding hydrogens is 242 g/mol. The molecule has 102 valence electrons. The number of anilines is 1. The number of benzene rings is 1. The monoisotopic (exact) mass is 261 g/mol. The van der Waals surface area contributed by atoms with E-state index in [1.54, 1.807) is 6.07 Å². The molecule has 1 saturated heterocycles. The van der Waals surface area contributed by atoms with Crippen molar-refractivity contribution in [1.82, 2.24) is 0 Å². The van der Waals surface area contributed by atoms with Crippen LogP contribution in [0.5, 0.6) is 0 Å². The summed E-state index contributed by atoms with van der Waals surface area (Å²) in [5, 5.41) is 3.34. The molecule has 5 nitrogen and oxygen atoms in total. The van der Waals surface area contributed by atoms with Gasteiger partial charge in [0.25, 0.3) is 5.91 Å². The van der Waals surface area contributed by atoms with Crippen LogP contribution in [0.1, 0.15) is 22.3 Å². The highest BCUT2D eigenvalue weighted by Gasteiger charge is 2.52. The minimum Gasteiger partial charge on any atom is -0.377 e. The van der Waals surface area contributed by atoms with Crippen molar-refractivity contribution in [1.29, 1.82) is 0 Å². The van der Waals surface area contributed by atoms with Gasteiger partial charge in [-0.1, -0.05) is 6.07 Å². The number of primary amides is 1. The topological polar surface area (TPSA) is 90.4 Å². The van der Waals surface area contributed by atoms with Crippen LogP contribution in [0.15, 0.2) is 18.2 Å². The van der Waals surface area contributed by atoms with Crippen LogP contribution in [0.3, 0.4) is 0 Å². The molecule has 0 spiro atoms. The number of nitrogens with two attached hydrogens (primary N) is 2. The molecule has 2 aliphatic rings. The van der Waals surface area contributed by atoms with Crippen molar-refractivity contribution >= 4 is 11.6 Å². The highest BCUT2D eigenvalue weighted by Crippen LogP contribution is 2.39. The Balaban J connectivity index is 1.83. The summed E-state index contributed by atoms with van der Waals surface area (Å²) in [4.78, 5) is 11.4. The number of amides is 1. The second kappa shape index (κ2) is 4.51. The molecule has 4 atom stereocenters. The van der Waals surface area contributed by atoms with Crippen molar-refractivity contribution in [3.63, 3.8) is 0 Å². The Labute approximate surface area is 112 Å². The number of fused-ring (bicyclic) bond motifs is 1. The van der Waals surface area contributed by atoms with E-state index >= 15 is 0 Å². The van der Waals surface area contributed by atoms with Gasteiger partial charge < -0.3 is 21.5 Å². The molecule has 4 unspecified atom stereocenters. The Kier molecular flexibility index (Phi) is 2.95. The van der Waals surface area contributed by atoms with Crippen molar-refractivity contribution in [3.05, 3.63) is 29.3 Å². The first-order valence-electron chi connectivity index (χ1n) is 6.62. The van der Waals surface area contributed by atoms with Crippen LogP contribution in [-0.2, 0) is 4.74 Å². The minimum absolute atomic E-state index is 0.0624. The van der Waals surface area contributed by atoms with Crippen LogP contribution in [0.2, 0.25) is 0 Å². The average molecular weight is 261 g/mol. The second-order valence-electron chi connectivity index (χ2n) is 5.45. The van der Waals surface area contributed by atoms with Gasteiger partial charge in [0.15, 0.2) is 0 Å². The minimum atomic E-state index is -0.431. The third-order valence-electron chi connectivity index (χ3n) is 4.21. The van der Waals surface area contributed by atoms with E-state index < -0.39 is 5.91 Å². The van der Waals surface area contributed by atoms with Gasteiger partial charge in [0.05, 0.1) is 17.7 Å². The van der Waals surface area contributed by atoms with Crippen LogP contribution in [0, 0.1) is 12.8 Å². The van der Waals surface area contributed by atoms with E-state index in [1.165, 1.54) is 0 Å². The molecule has 0 radical (unpaired) electrons. The van der Waals surface area contributed by atoms with Gasteiger partial charge in [0.1, 0.15) is 0 Å². The molecular formula is C14H19N3O2. The highest BCUT2D eigenvalue weighted by atomic mass is 16.5. The number of aryl methyl sites for hydroxylation is 1. The van der Waals surface area contributed by atoms with Gasteiger partial charge in [-0.05, 0) is 31.0 Å². The van der Waals surface area contributed by atoms with Crippen molar-refractivity contribution in [2.75, 3.05) is 11.9 Å². The Bertz CT molecular complexity index is 517. The molecule has 1 aromatic carbocycles. The Morgan fingerprint density at radius 1 is 1.47 bits per heavy atom. The van der Waals surface area contributed by atoms with Crippen LogP contribution >= 0.6 is 0 Å². The molecule has 1 amide bonds. The molecule has 2 fully saturated rings. The summed E-state index contributed by atoms with van der Waals surface area (Å²) < 4.78 is 5.68. The van der Waals surface area contributed by atoms with Crippen LogP contribution < -0.4 is 16.8 Å². The SMILES string of the molecule is Cc1ccc(C(N)=O)c(NC2C(N)C3CCOC32)c1. The van der Waals surface area contributed by atoms with E-state index in [0.717, 1.165) is 24.3 Å². The van der Waals surface area contributed by atoms with E-state index in [4.69, 9.17) is 16.2 Å². The summed E-state index contributed by atoms with van der Waals surface area (Å²) in [5.74, 6) is 0.0126. The fraction of sp³-hybridized carbons (Fsp3) is 0.500. The number of ether oxygens (including phenoxy) is 1. The molecule has 1 heterocycles. The number of carbonyl (C=O) groups is 1. The maximum absolute atomic E-state index is 11.4. The first-order chi connectivity index (χ1) is 9.08. The first-order valence-corrected chi connectivity index (χ1v) is 6.62. The van der Waals surface area contributed by atoms with Gasteiger partial charge in [-0.2, -0.15) is 0 Å². The van der Waals surface area contributed by atoms with Gasteiger partial charge in [-0.25, -0.2) is 0 Å². The maximum Gasteiger partial charge on any atom is 0.250 e. The van der Waals surface area contributed by atoms with E-state index in [9.17, 15) is 4.79 Å². The summed E-state index contributed by atoms with van der Waals surface area (Å²) in [6, 6.07) is 5.69. The number of hydrogen-bond donors (Lipinski definition) is 3. The normalized spacial score (nSPS) is 32.5. The summed E-state index contributed by atoms with van der Waals surface area (Å²) in [6.45, 7) is 2.75. The van der Waals surface area contributed by atoms with Crippen LogP contribution in [0.4, 0.5) is 5.69 Å². The number of nitrogens with one attached hydrogen (secondary N) is 1. The molecule has 3 rings (SSSR count). The van der Waals surface area contributed by atoms with Gasteiger partial charge in [0, 0.05) is 24.3 Å². The van der Waals surface area contributed by atoms with E-state index in [-0.39, 0.29) is 18.2 Å². The Hall–Kier alpha value is -1.59. The third kappa shape index (κ3) is 1.99. The predicted molar refractivity (Wildman–Crippen MR) is 72.9 cm³/mol. The van der Waals surface area contributed by atoms with Crippen molar-refractivity contribution in [2.45, 2.75) is 31.5 Å². The summed E-state index contributed by atoms with van der Waals surface area (Å²) in [6.07, 6.45) is 1.19. The maximum atomic E-state index is 11.4. The zero-order valence-corrected chi connectivity index (χ0v) is 10.9. The van der Waals surface area contributed by atoms with Gasteiger partial charge in [-0.15, -0.1) is 0 Å². The largest absolute Gasteiger partial charge is 0.377 e. The van der Waals surface area contributed by atoms with Crippen LogP contribution in [0.25, 0.3) is 0 Å². The lowest BCUT2D eigenvalue weighted by Crippen LogP contribution is -2.65. The number of rotatable bonds is 3. The molecule has 1 aromatic rings. The highest BCUT2D eigenvalue weighted by molar-refractivity contribution is 5.98. The summed E-state index contributed by atoms with van der Waals surface area (Å²) >= 11 is 0. The zero-order chi connectivity index (χ0) is 13.6. The zero-order valence-electron chi connectivity index (χ0n) is 10.9. The lowest BCUT2D eigenvalue weighted by atomic mass is 9.72. The third-order valence-corrected chi connectivity index (χ3v) is 4.21. The molecule has 5 N–H and O–H groups in total. The summed E-state index contributed by atoms with van der Waals surface area (Å²) in [7, 11) is 0. The van der Waals surface area contributed by atoms with Crippen LogP contribution in [-0.4, -0.2) is 30.7 Å². The smallest absolute Gasteiger partial charge is 0.250 e. The molecule has 5 heteroatoms. The average Bonchev–Trinajstić information content (AvgIpc) is 2.80. The Morgan fingerprint density at radius 3 is 3.00 bits per heavy atom. The van der Waals surface area contributed by atoms with Gasteiger partial charge in [0.2, 0.25) is 0 Å². The second-order valence-corrected chi connectivity index (χ2v) is 5.45. The molecule has 1 aliphatic heterocycles. The molecule has 1 aliphatic carbocycles. The van der Waals surface area contributed by atoms with E-state index in [2.05, 4.69) is 5.32 Å². The Morgan fingerprint density at radius 2 is 2.26 bits per heavy atom. The van der Waals surface area contributed by atoms with Crippen molar-refractivity contribution < 1.29 is 9.53 Å². The van der Waals surface area contributed by atoms with Crippen molar-refractivity contribution in [2.24, 2.45) is 17.4 Å². The quantitative estimate of drug-likeness (QED) is 0.744. The fourth-order valence-corrected chi connectivity index (χ4v) is 3.10. The van der Waals surface area contributed by atoms with Gasteiger partial charge >= 0.3 is 0 Å². The predicted octanol–water partition coefficient (Wildman–Crippen LogP) is 0.620. The first kappa shape index (κ1) is 12.4. The lowest BCUT2D eigenvalue weighted by molar-refractivity contribution is 0.00534.